The van der Waals surface area contributed by atoms with E-state index in [1.54, 1.807) is 6.07 Å². The SMILES string of the molecule is CNc1ccc(Cl)c(C#CC(=N)c2c(N)ncnc2NC2CCN(C)CC2)c1.O=CNc1cccc(C(F)(F)F)c1. The van der Waals surface area contributed by atoms with Crippen molar-refractivity contribution in [3.63, 3.8) is 0 Å². The van der Waals surface area contributed by atoms with E-state index < -0.39 is 11.7 Å². The number of amides is 1. The number of carbonyl (C=O) groups excluding carboxylic acids is 1. The number of carbonyl (C=O) groups is 1. The Kier molecular flexibility index (Phi) is 10.9. The number of aromatic nitrogens is 2. The molecule has 0 radical (unpaired) electrons. The van der Waals surface area contributed by atoms with Crippen molar-refractivity contribution in [2.45, 2.75) is 25.1 Å². The molecule has 0 bridgehead atoms. The zero-order valence-corrected chi connectivity index (χ0v) is 23.2. The molecule has 0 unspecified atom stereocenters. The average Bonchev–Trinajstić information content (AvgIpc) is 2.94. The monoisotopic (exact) mass is 586 g/mol. The van der Waals surface area contributed by atoms with Gasteiger partial charge in [-0.3, -0.25) is 10.2 Å². The third-order valence-corrected chi connectivity index (χ3v) is 6.51. The summed E-state index contributed by atoms with van der Waals surface area (Å²) in [6.07, 6.45) is -0.628. The van der Waals surface area contributed by atoms with Gasteiger partial charge in [0.05, 0.1) is 16.1 Å². The highest BCUT2D eigenvalue weighted by atomic mass is 35.5. The Hall–Kier alpha value is -4.34. The van der Waals surface area contributed by atoms with Crippen LogP contribution in [0.3, 0.4) is 0 Å². The molecule has 41 heavy (non-hydrogen) atoms. The molecule has 2 aromatic carbocycles. The van der Waals surface area contributed by atoms with Gasteiger partial charge in [0.25, 0.3) is 0 Å². The molecule has 0 aliphatic carbocycles. The van der Waals surface area contributed by atoms with E-state index in [0.717, 1.165) is 43.8 Å². The molecule has 1 aliphatic heterocycles. The second-order valence-corrected chi connectivity index (χ2v) is 9.52. The Morgan fingerprint density at radius 1 is 1.17 bits per heavy atom. The minimum absolute atomic E-state index is 0.0551. The van der Waals surface area contributed by atoms with E-state index in [0.29, 0.717) is 28.4 Å². The standard InChI is InChI=1S/C20H24ClN7.C8H6F3NO/c1-24-15-4-5-16(21)13(11-15)3-6-17(22)18-19(23)25-12-26-20(18)27-14-7-9-28(2)10-8-14;9-8(10,11)6-2-1-3-7(4-6)12-5-13/h4-5,11-12,14,22,24H,7-10H2,1-2H3,(H3,23,25,26,27);1-5H,(H,12,13). The molecular weight excluding hydrogens is 557 g/mol. The first kappa shape index (κ1) is 31.2. The van der Waals surface area contributed by atoms with E-state index >= 15 is 0 Å². The van der Waals surface area contributed by atoms with E-state index in [4.69, 9.17) is 22.7 Å². The van der Waals surface area contributed by atoms with Gasteiger partial charge in [-0.25, -0.2) is 9.97 Å². The number of rotatable bonds is 6. The van der Waals surface area contributed by atoms with E-state index in [2.05, 4.69) is 49.7 Å². The maximum Gasteiger partial charge on any atom is 0.416 e. The van der Waals surface area contributed by atoms with Crippen molar-refractivity contribution in [3.05, 3.63) is 70.5 Å². The number of halogens is 4. The van der Waals surface area contributed by atoms with Crippen molar-refractivity contribution in [2.24, 2.45) is 0 Å². The molecular formula is C28H30ClF3N8O. The van der Waals surface area contributed by atoms with Crippen molar-refractivity contribution in [1.82, 2.24) is 14.9 Å². The van der Waals surface area contributed by atoms with Gasteiger partial charge < -0.3 is 26.6 Å². The fraction of sp³-hybridized carbons (Fsp3) is 0.286. The number of anilines is 4. The summed E-state index contributed by atoms with van der Waals surface area (Å²) in [6.45, 7) is 2.04. The van der Waals surface area contributed by atoms with Crippen LogP contribution in [0.4, 0.5) is 36.2 Å². The summed E-state index contributed by atoms with van der Waals surface area (Å²) in [6, 6.07) is 10.2. The number of hydrogen-bond donors (Lipinski definition) is 5. The molecule has 1 saturated heterocycles. The first-order valence-electron chi connectivity index (χ1n) is 12.5. The Morgan fingerprint density at radius 2 is 1.90 bits per heavy atom. The topological polar surface area (TPSA) is 132 Å². The smallest absolute Gasteiger partial charge is 0.388 e. The quantitative estimate of drug-likeness (QED) is 0.157. The Labute approximate surface area is 241 Å². The Morgan fingerprint density at radius 3 is 2.56 bits per heavy atom. The van der Waals surface area contributed by atoms with Crippen LogP contribution in [0.15, 0.2) is 48.8 Å². The predicted octanol–water partition coefficient (Wildman–Crippen LogP) is 4.95. The molecule has 2 heterocycles. The number of nitrogens with zero attached hydrogens (tertiary/aromatic N) is 3. The molecule has 0 spiro atoms. The normalized spacial score (nSPS) is 13.6. The molecule has 1 amide bonds. The van der Waals surface area contributed by atoms with Crippen LogP contribution in [0, 0.1) is 17.3 Å². The minimum Gasteiger partial charge on any atom is -0.388 e. The lowest BCUT2D eigenvalue weighted by Gasteiger charge is -2.30. The second-order valence-electron chi connectivity index (χ2n) is 9.11. The fourth-order valence-corrected chi connectivity index (χ4v) is 4.09. The lowest BCUT2D eigenvalue weighted by Crippen LogP contribution is -2.37. The number of hydrogen-bond acceptors (Lipinski definition) is 8. The molecule has 6 N–H and O–H groups in total. The average molecular weight is 587 g/mol. The molecule has 0 atom stereocenters. The number of alkyl halides is 3. The van der Waals surface area contributed by atoms with Gasteiger partial charge in [-0.15, -0.1) is 0 Å². The highest BCUT2D eigenvalue weighted by Gasteiger charge is 2.30. The van der Waals surface area contributed by atoms with E-state index in [-0.39, 0.29) is 23.3 Å². The summed E-state index contributed by atoms with van der Waals surface area (Å²) in [7, 11) is 3.94. The molecule has 3 aromatic rings. The van der Waals surface area contributed by atoms with Crippen molar-refractivity contribution >= 4 is 46.7 Å². The van der Waals surface area contributed by atoms with Crippen LogP contribution in [-0.2, 0) is 11.0 Å². The highest BCUT2D eigenvalue weighted by molar-refractivity contribution is 6.32. The summed E-state index contributed by atoms with van der Waals surface area (Å²) in [4.78, 5) is 20.6. The minimum atomic E-state index is -4.37. The summed E-state index contributed by atoms with van der Waals surface area (Å²) in [5.74, 6) is 6.59. The van der Waals surface area contributed by atoms with Crippen LogP contribution in [0.25, 0.3) is 0 Å². The molecule has 0 saturated carbocycles. The van der Waals surface area contributed by atoms with Gasteiger partial charge in [0, 0.05) is 30.0 Å². The van der Waals surface area contributed by atoms with Gasteiger partial charge in [0.2, 0.25) is 6.41 Å². The first-order chi connectivity index (χ1) is 19.5. The Balaban J connectivity index is 0.000000298. The van der Waals surface area contributed by atoms with E-state index in [1.807, 2.05) is 19.2 Å². The van der Waals surface area contributed by atoms with Crippen LogP contribution in [0.5, 0.6) is 0 Å². The summed E-state index contributed by atoms with van der Waals surface area (Å²) in [5.41, 5.74) is 7.42. The molecule has 1 aliphatic rings. The van der Waals surface area contributed by atoms with E-state index in [1.165, 1.54) is 18.5 Å². The van der Waals surface area contributed by atoms with Gasteiger partial charge in [-0.2, -0.15) is 13.2 Å². The van der Waals surface area contributed by atoms with Gasteiger partial charge >= 0.3 is 6.18 Å². The Bertz CT molecular complexity index is 1430. The summed E-state index contributed by atoms with van der Waals surface area (Å²) in [5, 5.41) is 17.6. The number of benzene rings is 2. The summed E-state index contributed by atoms with van der Waals surface area (Å²) < 4.78 is 36.3. The third-order valence-electron chi connectivity index (χ3n) is 6.18. The van der Waals surface area contributed by atoms with Gasteiger partial charge in [0.15, 0.2) is 0 Å². The molecule has 4 rings (SSSR count). The lowest BCUT2D eigenvalue weighted by atomic mass is 10.0. The van der Waals surface area contributed by atoms with Crippen LogP contribution in [0.1, 0.15) is 29.5 Å². The predicted molar refractivity (Wildman–Crippen MR) is 156 cm³/mol. The van der Waals surface area contributed by atoms with Crippen LogP contribution < -0.4 is 21.7 Å². The zero-order valence-electron chi connectivity index (χ0n) is 22.4. The van der Waals surface area contributed by atoms with Crippen LogP contribution in [-0.4, -0.2) is 60.2 Å². The number of nitrogen functional groups attached to an aromatic ring is 1. The lowest BCUT2D eigenvalue weighted by molar-refractivity contribution is -0.137. The maximum absolute atomic E-state index is 12.1. The number of nitrogens with two attached hydrogens (primary N) is 1. The first-order valence-corrected chi connectivity index (χ1v) is 12.9. The largest absolute Gasteiger partial charge is 0.416 e. The van der Waals surface area contributed by atoms with Gasteiger partial charge in [0.1, 0.15) is 23.7 Å². The van der Waals surface area contributed by atoms with Crippen LogP contribution >= 0.6 is 11.6 Å². The molecule has 1 aromatic heterocycles. The molecule has 1 fully saturated rings. The van der Waals surface area contributed by atoms with Gasteiger partial charge in [-0.1, -0.05) is 23.6 Å². The summed E-state index contributed by atoms with van der Waals surface area (Å²) >= 11 is 6.22. The molecule has 13 heteroatoms. The van der Waals surface area contributed by atoms with E-state index in [9.17, 15) is 18.0 Å². The number of likely N-dealkylation sites (tertiary alicyclic amines) is 1. The van der Waals surface area contributed by atoms with Crippen molar-refractivity contribution in [1.29, 1.82) is 5.41 Å². The third kappa shape index (κ3) is 9.09. The van der Waals surface area contributed by atoms with Crippen molar-refractivity contribution in [2.75, 3.05) is 48.9 Å². The molecule has 216 valence electrons. The van der Waals surface area contributed by atoms with Crippen molar-refractivity contribution < 1.29 is 18.0 Å². The highest BCUT2D eigenvalue weighted by Crippen LogP contribution is 2.30. The second kappa shape index (κ2) is 14.3. The fourth-order valence-electron chi connectivity index (χ4n) is 3.92. The number of nitrogens with one attached hydrogen (secondary N) is 4. The zero-order chi connectivity index (χ0) is 30.0. The molecule has 9 nitrogen and oxygen atoms in total. The van der Waals surface area contributed by atoms with Crippen LogP contribution in [0.2, 0.25) is 5.02 Å². The van der Waals surface area contributed by atoms with Gasteiger partial charge in [-0.05, 0) is 75.3 Å². The van der Waals surface area contributed by atoms with Crippen molar-refractivity contribution in [3.8, 4) is 11.8 Å². The maximum atomic E-state index is 12.1. The number of piperidine rings is 1.